The number of para-hydroxylation sites is 1. The molecule has 0 atom stereocenters. The fraction of sp³-hybridized carbons (Fsp3) is 0.367. The molecular formula is C30H35N3O2S2. The summed E-state index contributed by atoms with van der Waals surface area (Å²) in [5.41, 5.74) is 4.68. The smallest absolute Gasteiger partial charge is 0.266 e. The third-order valence-electron chi connectivity index (χ3n) is 6.18. The van der Waals surface area contributed by atoms with Crippen molar-refractivity contribution in [2.75, 3.05) is 13.2 Å². The van der Waals surface area contributed by atoms with E-state index in [1.165, 1.54) is 18.2 Å². The Kier molecular flexibility index (Phi) is 9.22. The van der Waals surface area contributed by atoms with Crippen molar-refractivity contribution < 1.29 is 9.53 Å². The lowest BCUT2D eigenvalue weighted by atomic mass is 10.0. The van der Waals surface area contributed by atoms with Gasteiger partial charge in [0.25, 0.3) is 5.91 Å². The van der Waals surface area contributed by atoms with E-state index in [1.807, 2.05) is 59.4 Å². The zero-order valence-electron chi connectivity index (χ0n) is 22.1. The number of aryl methyl sites for hydroxylation is 1. The highest BCUT2D eigenvalue weighted by atomic mass is 32.2. The van der Waals surface area contributed by atoms with Crippen molar-refractivity contribution in [1.29, 1.82) is 0 Å². The predicted molar refractivity (Wildman–Crippen MR) is 158 cm³/mol. The minimum Gasteiger partial charge on any atom is -0.493 e. The van der Waals surface area contributed by atoms with Crippen molar-refractivity contribution in [2.24, 2.45) is 5.92 Å². The first-order valence-electron chi connectivity index (χ1n) is 13.0. The number of amides is 1. The second kappa shape index (κ2) is 12.6. The largest absolute Gasteiger partial charge is 0.493 e. The van der Waals surface area contributed by atoms with Crippen LogP contribution in [-0.4, -0.2) is 38.1 Å². The molecule has 0 aliphatic carbocycles. The topological polar surface area (TPSA) is 47.4 Å². The predicted octanol–water partition coefficient (Wildman–Crippen LogP) is 7.66. The van der Waals surface area contributed by atoms with Gasteiger partial charge in [-0.1, -0.05) is 82.2 Å². The van der Waals surface area contributed by atoms with Crippen LogP contribution in [0.5, 0.6) is 5.75 Å². The van der Waals surface area contributed by atoms with Gasteiger partial charge in [-0.3, -0.25) is 9.69 Å². The van der Waals surface area contributed by atoms with Crippen molar-refractivity contribution in [3.8, 4) is 22.7 Å². The molecule has 194 valence electrons. The van der Waals surface area contributed by atoms with Gasteiger partial charge in [-0.15, -0.1) is 0 Å². The molecule has 0 spiro atoms. The fourth-order valence-electron chi connectivity index (χ4n) is 4.18. The summed E-state index contributed by atoms with van der Waals surface area (Å²) in [7, 11) is 0. The monoisotopic (exact) mass is 533 g/mol. The van der Waals surface area contributed by atoms with Crippen molar-refractivity contribution in [3.63, 3.8) is 0 Å². The molecule has 1 aliphatic heterocycles. The van der Waals surface area contributed by atoms with Gasteiger partial charge in [-0.2, -0.15) is 5.10 Å². The lowest BCUT2D eigenvalue weighted by molar-refractivity contribution is -0.122. The third kappa shape index (κ3) is 6.70. The van der Waals surface area contributed by atoms with Crippen LogP contribution in [0.4, 0.5) is 0 Å². The van der Waals surface area contributed by atoms with Gasteiger partial charge in [-0.25, -0.2) is 4.68 Å². The van der Waals surface area contributed by atoms with Gasteiger partial charge in [0.2, 0.25) is 0 Å². The molecule has 1 saturated heterocycles. The molecule has 1 aliphatic rings. The van der Waals surface area contributed by atoms with E-state index in [1.54, 1.807) is 4.90 Å². The van der Waals surface area contributed by atoms with Crippen molar-refractivity contribution >= 4 is 40.3 Å². The number of benzene rings is 2. The molecule has 3 aromatic rings. The highest BCUT2D eigenvalue weighted by molar-refractivity contribution is 8.26. The van der Waals surface area contributed by atoms with Crippen molar-refractivity contribution in [1.82, 2.24) is 14.7 Å². The summed E-state index contributed by atoms with van der Waals surface area (Å²) < 4.78 is 8.48. The number of rotatable bonds is 11. The molecular weight excluding hydrogens is 498 g/mol. The molecule has 1 fully saturated rings. The minimum absolute atomic E-state index is 0.0153. The lowest BCUT2D eigenvalue weighted by Gasteiger charge is -2.13. The zero-order valence-corrected chi connectivity index (χ0v) is 23.7. The molecule has 4 rings (SSSR count). The normalized spacial score (nSPS) is 14.8. The number of hydrogen-bond acceptors (Lipinski definition) is 5. The molecule has 5 nitrogen and oxygen atoms in total. The molecule has 0 radical (unpaired) electrons. The molecule has 1 aromatic heterocycles. The van der Waals surface area contributed by atoms with Gasteiger partial charge in [-0.05, 0) is 61.2 Å². The number of nitrogens with zero attached hydrogens (tertiary/aromatic N) is 3. The molecule has 2 aromatic carbocycles. The van der Waals surface area contributed by atoms with Gasteiger partial charge in [0.15, 0.2) is 0 Å². The van der Waals surface area contributed by atoms with Crippen LogP contribution in [0.1, 0.15) is 57.6 Å². The Morgan fingerprint density at radius 3 is 2.59 bits per heavy atom. The van der Waals surface area contributed by atoms with Gasteiger partial charge in [0, 0.05) is 23.9 Å². The summed E-state index contributed by atoms with van der Waals surface area (Å²) >= 11 is 6.94. The molecule has 2 heterocycles. The van der Waals surface area contributed by atoms with E-state index in [0.717, 1.165) is 53.1 Å². The number of ether oxygens (including phenoxy) is 1. The van der Waals surface area contributed by atoms with Crippen LogP contribution in [0.2, 0.25) is 0 Å². The molecule has 37 heavy (non-hydrogen) atoms. The lowest BCUT2D eigenvalue weighted by Crippen LogP contribution is -2.29. The van der Waals surface area contributed by atoms with E-state index in [-0.39, 0.29) is 5.91 Å². The van der Waals surface area contributed by atoms with Crippen molar-refractivity contribution in [2.45, 2.75) is 53.4 Å². The van der Waals surface area contributed by atoms with Crippen LogP contribution in [0.25, 0.3) is 23.0 Å². The van der Waals surface area contributed by atoms with E-state index < -0.39 is 0 Å². The first-order valence-corrected chi connectivity index (χ1v) is 14.2. The second-order valence-corrected chi connectivity index (χ2v) is 11.5. The number of thioether (sulfide) groups is 1. The second-order valence-electron chi connectivity index (χ2n) is 9.79. The molecule has 1 amide bonds. The summed E-state index contributed by atoms with van der Waals surface area (Å²) in [5.74, 6) is 1.32. The molecule has 0 saturated carbocycles. The third-order valence-corrected chi connectivity index (χ3v) is 7.56. The van der Waals surface area contributed by atoms with E-state index in [9.17, 15) is 4.79 Å². The minimum atomic E-state index is -0.0153. The Balaban J connectivity index is 1.67. The van der Waals surface area contributed by atoms with Crippen LogP contribution in [-0.2, 0) is 4.79 Å². The molecule has 7 heteroatoms. The number of aromatic nitrogens is 2. The van der Waals surface area contributed by atoms with Crippen LogP contribution in [0.15, 0.2) is 59.6 Å². The summed E-state index contributed by atoms with van der Waals surface area (Å²) in [6, 6.07) is 16.2. The fourth-order valence-corrected chi connectivity index (χ4v) is 5.48. The SMILES string of the molecule is CCCCCCN1C(=O)/C(=C/c2cn(-c3ccccc3)nc2-c2ccc(OCC(C)C)c(C)c2)SC1=S. The highest BCUT2D eigenvalue weighted by Gasteiger charge is 2.32. The van der Waals surface area contributed by atoms with Gasteiger partial charge < -0.3 is 4.74 Å². The number of unbranched alkanes of at least 4 members (excludes halogenated alkanes) is 3. The maximum atomic E-state index is 13.2. The van der Waals surface area contributed by atoms with E-state index in [4.69, 9.17) is 22.1 Å². The van der Waals surface area contributed by atoms with Gasteiger partial charge in [0.1, 0.15) is 15.8 Å². The Morgan fingerprint density at radius 1 is 1.11 bits per heavy atom. The maximum Gasteiger partial charge on any atom is 0.266 e. The number of carbonyl (C=O) groups is 1. The zero-order chi connectivity index (χ0) is 26.4. The van der Waals surface area contributed by atoms with Crippen LogP contribution in [0.3, 0.4) is 0 Å². The maximum absolute atomic E-state index is 13.2. The van der Waals surface area contributed by atoms with Crippen LogP contribution >= 0.6 is 24.0 Å². The number of thiocarbonyl (C=S) groups is 1. The molecule has 0 unspecified atom stereocenters. The molecule has 0 N–H and O–H groups in total. The first-order chi connectivity index (χ1) is 17.9. The van der Waals surface area contributed by atoms with E-state index in [2.05, 4.69) is 33.8 Å². The summed E-state index contributed by atoms with van der Waals surface area (Å²) in [6.07, 6.45) is 8.33. The standard InChI is InChI=1S/C30H35N3O2S2/c1-5-6-7-11-16-32-29(34)27(37-30(32)36)18-24-19-33(25-12-9-8-10-13-25)31-28(24)23-14-15-26(22(4)17-23)35-20-21(2)3/h8-10,12-15,17-19,21H,5-7,11,16,20H2,1-4H3/b27-18-. The van der Waals surface area contributed by atoms with Crippen molar-refractivity contribution in [3.05, 3.63) is 70.8 Å². The van der Waals surface area contributed by atoms with E-state index >= 15 is 0 Å². The Bertz CT molecular complexity index is 1280. The highest BCUT2D eigenvalue weighted by Crippen LogP contribution is 2.36. The number of carbonyl (C=O) groups excluding carboxylic acids is 1. The summed E-state index contributed by atoms with van der Waals surface area (Å²) in [6.45, 7) is 9.86. The average Bonchev–Trinajstić information content (AvgIpc) is 3.42. The van der Waals surface area contributed by atoms with Crippen LogP contribution in [0, 0.1) is 12.8 Å². The Morgan fingerprint density at radius 2 is 1.89 bits per heavy atom. The van der Waals surface area contributed by atoms with Gasteiger partial charge >= 0.3 is 0 Å². The Labute approximate surface area is 229 Å². The summed E-state index contributed by atoms with van der Waals surface area (Å²) in [5, 5.41) is 4.94. The number of hydrogen-bond donors (Lipinski definition) is 0. The quantitative estimate of drug-likeness (QED) is 0.144. The van der Waals surface area contributed by atoms with Crippen LogP contribution < -0.4 is 4.74 Å². The molecule has 0 bridgehead atoms. The van der Waals surface area contributed by atoms with E-state index in [0.29, 0.717) is 28.3 Å². The average molecular weight is 534 g/mol. The Hall–Kier alpha value is -2.90. The van der Waals surface area contributed by atoms with Gasteiger partial charge in [0.05, 0.1) is 17.2 Å². The summed E-state index contributed by atoms with van der Waals surface area (Å²) in [4.78, 5) is 15.6. The first kappa shape index (κ1) is 27.1.